The molecule has 1 aromatic carbocycles. The molecule has 0 saturated heterocycles. The monoisotopic (exact) mass is 368 g/mol. The molecule has 1 aliphatic carbocycles. The molecule has 0 saturated carbocycles. The number of rotatable bonds is 7. The Balaban J connectivity index is 2.06. The summed E-state index contributed by atoms with van der Waals surface area (Å²) in [5, 5.41) is 2.76. The topological polar surface area (TPSA) is 66.5 Å². The van der Waals surface area contributed by atoms with Crippen LogP contribution in [0.3, 0.4) is 0 Å². The van der Waals surface area contributed by atoms with Gasteiger partial charge < -0.3 is 5.32 Å². The fourth-order valence-corrected chi connectivity index (χ4v) is 4.21. The Bertz CT molecular complexity index is 746. The van der Waals surface area contributed by atoms with Crippen molar-refractivity contribution in [3.63, 3.8) is 0 Å². The first kappa shape index (κ1) is 19.4. The third kappa shape index (κ3) is 5.29. The number of amides is 1. The van der Waals surface area contributed by atoms with Crippen molar-refractivity contribution in [2.24, 2.45) is 0 Å². The molecule has 0 bridgehead atoms. The van der Waals surface area contributed by atoms with E-state index < -0.39 is 27.8 Å². The summed E-state index contributed by atoms with van der Waals surface area (Å²) in [5.74, 6) is -1.12. The van der Waals surface area contributed by atoms with Gasteiger partial charge in [-0.15, -0.1) is 0 Å². The zero-order valence-electron chi connectivity index (χ0n) is 14.7. The van der Waals surface area contributed by atoms with Crippen LogP contribution in [0.15, 0.2) is 35.9 Å². The van der Waals surface area contributed by atoms with Gasteiger partial charge in [0.15, 0.2) is 0 Å². The van der Waals surface area contributed by atoms with Crippen molar-refractivity contribution >= 4 is 21.6 Å². The van der Waals surface area contributed by atoms with Gasteiger partial charge in [0.05, 0.1) is 11.9 Å². The van der Waals surface area contributed by atoms with Gasteiger partial charge in [-0.1, -0.05) is 23.8 Å². The lowest BCUT2D eigenvalue weighted by molar-refractivity contribution is -0.121. The molecular formula is C18H25FN2O3S. The van der Waals surface area contributed by atoms with Gasteiger partial charge in [-0.3, -0.25) is 9.10 Å². The molecule has 0 aliphatic heterocycles. The van der Waals surface area contributed by atoms with Gasteiger partial charge in [0.2, 0.25) is 15.9 Å². The van der Waals surface area contributed by atoms with Crippen molar-refractivity contribution in [2.45, 2.75) is 45.1 Å². The number of para-hydroxylation sites is 1. The van der Waals surface area contributed by atoms with Crippen molar-refractivity contribution in [3.8, 4) is 0 Å². The van der Waals surface area contributed by atoms with Crippen LogP contribution in [0.1, 0.15) is 39.0 Å². The Labute approximate surface area is 149 Å². The van der Waals surface area contributed by atoms with Crippen LogP contribution in [-0.4, -0.2) is 33.2 Å². The number of nitrogens with zero attached hydrogens (tertiary/aromatic N) is 1. The summed E-state index contributed by atoms with van der Waals surface area (Å²) in [6.07, 6.45) is 8.45. The van der Waals surface area contributed by atoms with E-state index in [2.05, 4.69) is 11.4 Å². The average molecular weight is 368 g/mol. The van der Waals surface area contributed by atoms with E-state index in [1.54, 1.807) is 0 Å². The third-order valence-corrected chi connectivity index (χ3v) is 5.54. The van der Waals surface area contributed by atoms with Crippen molar-refractivity contribution in [1.82, 2.24) is 5.32 Å². The molecule has 138 valence electrons. The smallest absolute Gasteiger partial charge is 0.243 e. The van der Waals surface area contributed by atoms with Gasteiger partial charge in [-0.25, -0.2) is 12.8 Å². The fraction of sp³-hybridized carbons (Fsp3) is 0.500. The van der Waals surface area contributed by atoms with Crippen LogP contribution >= 0.6 is 0 Å². The first-order valence-electron chi connectivity index (χ1n) is 8.50. The van der Waals surface area contributed by atoms with Crippen LogP contribution in [0.5, 0.6) is 0 Å². The predicted molar refractivity (Wildman–Crippen MR) is 97.4 cm³/mol. The standard InChI is InChI=1S/C18H25FN2O3S/c1-14(18(22)20-13-12-15-8-4-3-5-9-15)21(25(2,23)24)17-11-7-6-10-16(17)19/h6-8,10-11,14H,3-5,9,12-13H2,1-2H3,(H,20,22)/t14-/m0/s1. The highest BCUT2D eigenvalue weighted by molar-refractivity contribution is 7.92. The molecule has 1 atom stereocenters. The lowest BCUT2D eigenvalue weighted by Gasteiger charge is -2.28. The molecule has 1 N–H and O–H groups in total. The highest BCUT2D eigenvalue weighted by atomic mass is 32.2. The van der Waals surface area contributed by atoms with Crippen LogP contribution in [0.2, 0.25) is 0 Å². The van der Waals surface area contributed by atoms with Crippen LogP contribution in [0.25, 0.3) is 0 Å². The Kier molecular flexibility index (Phi) is 6.58. The maximum atomic E-state index is 14.0. The second-order valence-corrected chi connectivity index (χ2v) is 8.19. The molecule has 2 rings (SSSR count). The van der Waals surface area contributed by atoms with Gasteiger partial charge >= 0.3 is 0 Å². The molecule has 1 aliphatic rings. The van der Waals surface area contributed by atoms with E-state index in [4.69, 9.17) is 0 Å². The molecule has 0 unspecified atom stereocenters. The van der Waals surface area contributed by atoms with E-state index in [0.29, 0.717) is 6.54 Å². The van der Waals surface area contributed by atoms with E-state index in [9.17, 15) is 17.6 Å². The van der Waals surface area contributed by atoms with Gasteiger partial charge in [0.1, 0.15) is 11.9 Å². The second-order valence-electron chi connectivity index (χ2n) is 6.34. The summed E-state index contributed by atoms with van der Waals surface area (Å²) in [7, 11) is -3.81. The zero-order chi connectivity index (χ0) is 18.4. The van der Waals surface area contributed by atoms with E-state index in [0.717, 1.165) is 29.8 Å². The van der Waals surface area contributed by atoms with Gasteiger partial charge in [0.25, 0.3) is 0 Å². The second kappa shape index (κ2) is 8.47. The lowest BCUT2D eigenvalue weighted by atomic mass is 9.97. The van der Waals surface area contributed by atoms with Crippen molar-refractivity contribution < 1.29 is 17.6 Å². The van der Waals surface area contributed by atoms with Crippen molar-refractivity contribution in [2.75, 3.05) is 17.1 Å². The number of allylic oxidation sites excluding steroid dienone is 1. The molecule has 0 spiro atoms. The lowest BCUT2D eigenvalue weighted by Crippen LogP contribution is -2.48. The number of carbonyl (C=O) groups excluding carboxylic acids is 1. The summed E-state index contributed by atoms with van der Waals surface area (Å²) in [5.41, 5.74) is 1.20. The van der Waals surface area contributed by atoms with Crippen LogP contribution in [0.4, 0.5) is 10.1 Å². The summed E-state index contributed by atoms with van der Waals surface area (Å²) >= 11 is 0. The number of halogens is 1. The molecule has 1 amide bonds. The fourth-order valence-electron chi connectivity index (χ4n) is 3.04. The SMILES string of the molecule is C[C@@H](C(=O)NCCC1=CCCCC1)N(c1ccccc1F)S(C)(=O)=O. The van der Waals surface area contributed by atoms with E-state index in [1.165, 1.54) is 49.6 Å². The van der Waals surface area contributed by atoms with Gasteiger partial charge in [-0.2, -0.15) is 0 Å². The van der Waals surface area contributed by atoms with Crippen LogP contribution in [-0.2, 0) is 14.8 Å². The van der Waals surface area contributed by atoms with Gasteiger partial charge in [-0.05, 0) is 51.2 Å². The minimum atomic E-state index is -3.81. The molecule has 5 nitrogen and oxygen atoms in total. The first-order valence-corrected chi connectivity index (χ1v) is 10.3. The summed E-state index contributed by atoms with van der Waals surface area (Å²) in [6, 6.07) is 4.51. The molecule has 0 heterocycles. The number of anilines is 1. The Morgan fingerprint density at radius 1 is 1.32 bits per heavy atom. The van der Waals surface area contributed by atoms with E-state index >= 15 is 0 Å². The highest BCUT2D eigenvalue weighted by Crippen LogP contribution is 2.24. The minimum absolute atomic E-state index is 0.123. The average Bonchev–Trinajstić information content (AvgIpc) is 2.56. The number of nitrogens with one attached hydrogen (secondary N) is 1. The van der Waals surface area contributed by atoms with Crippen LogP contribution in [0, 0.1) is 5.82 Å². The maximum Gasteiger partial charge on any atom is 0.243 e. The number of benzene rings is 1. The van der Waals surface area contributed by atoms with Crippen molar-refractivity contribution in [3.05, 3.63) is 41.7 Å². The summed E-state index contributed by atoms with van der Waals surface area (Å²) < 4.78 is 39.1. The van der Waals surface area contributed by atoms with Crippen molar-refractivity contribution in [1.29, 1.82) is 0 Å². The predicted octanol–water partition coefficient (Wildman–Crippen LogP) is 2.99. The molecule has 0 aromatic heterocycles. The largest absolute Gasteiger partial charge is 0.354 e. The third-order valence-electron chi connectivity index (χ3n) is 4.31. The zero-order valence-corrected chi connectivity index (χ0v) is 15.5. The summed E-state index contributed by atoms with van der Waals surface area (Å²) in [4.78, 5) is 12.4. The maximum absolute atomic E-state index is 14.0. The highest BCUT2D eigenvalue weighted by Gasteiger charge is 2.30. The number of sulfonamides is 1. The van der Waals surface area contributed by atoms with Gasteiger partial charge in [0, 0.05) is 6.54 Å². The first-order chi connectivity index (χ1) is 11.8. The normalized spacial score (nSPS) is 16.0. The number of hydrogen-bond donors (Lipinski definition) is 1. The molecule has 1 aromatic rings. The quantitative estimate of drug-likeness (QED) is 0.753. The molecule has 25 heavy (non-hydrogen) atoms. The van der Waals surface area contributed by atoms with Crippen LogP contribution < -0.4 is 9.62 Å². The van der Waals surface area contributed by atoms with E-state index in [1.807, 2.05) is 0 Å². The Morgan fingerprint density at radius 3 is 2.64 bits per heavy atom. The molecule has 0 radical (unpaired) electrons. The molecule has 7 heteroatoms. The molecule has 0 fully saturated rings. The Hall–Kier alpha value is -1.89. The van der Waals surface area contributed by atoms with E-state index in [-0.39, 0.29) is 5.69 Å². The number of hydrogen-bond acceptors (Lipinski definition) is 3. The minimum Gasteiger partial charge on any atom is -0.354 e. The Morgan fingerprint density at radius 2 is 2.04 bits per heavy atom. The summed E-state index contributed by atoms with van der Waals surface area (Å²) in [6.45, 7) is 1.91. The molecular weight excluding hydrogens is 343 g/mol. The number of carbonyl (C=O) groups is 1.